The van der Waals surface area contributed by atoms with Crippen molar-refractivity contribution in [2.24, 2.45) is 0 Å². The minimum atomic E-state index is 0.234. The third kappa shape index (κ3) is 2.11. The highest BCUT2D eigenvalue weighted by atomic mass is 32.1. The summed E-state index contributed by atoms with van der Waals surface area (Å²) < 4.78 is 3.96. The number of aromatic nitrogens is 4. The van der Waals surface area contributed by atoms with Crippen molar-refractivity contribution < 1.29 is 0 Å². The molecule has 0 amide bonds. The summed E-state index contributed by atoms with van der Waals surface area (Å²) in [5.74, 6) is 0. The van der Waals surface area contributed by atoms with Gasteiger partial charge in [-0.25, -0.2) is 0 Å². The number of hydrogen-bond acceptors (Lipinski definition) is 7. The second-order valence-corrected chi connectivity index (χ2v) is 5.12. The Morgan fingerprint density at radius 1 is 1.31 bits per heavy atom. The Morgan fingerprint density at radius 3 is 2.81 bits per heavy atom. The molecule has 2 heterocycles. The Kier molecular flexibility index (Phi) is 3.57. The number of hydrogen-bond donors (Lipinski definition) is 1. The van der Waals surface area contributed by atoms with Gasteiger partial charge in [0.25, 0.3) is 0 Å². The molecule has 0 aromatic carbocycles. The monoisotopic (exact) mass is 255 g/mol. The molecule has 5 nitrogen and oxygen atoms in total. The van der Waals surface area contributed by atoms with Crippen LogP contribution >= 0.6 is 22.9 Å². The highest BCUT2D eigenvalue weighted by Crippen LogP contribution is 2.30. The Morgan fingerprint density at radius 2 is 2.12 bits per heavy atom. The molecule has 0 aliphatic carbocycles. The van der Waals surface area contributed by atoms with Gasteiger partial charge in [0.05, 0.1) is 11.7 Å². The molecule has 0 bridgehead atoms. The SMILES string of the molecule is CCc1nnsc1-c1nnc(C(C)NC)s1. The maximum Gasteiger partial charge on any atom is 0.161 e. The van der Waals surface area contributed by atoms with Gasteiger partial charge in [-0.3, -0.25) is 0 Å². The van der Waals surface area contributed by atoms with E-state index in [2.05, 4.69) is 38.9 Å². The van der Waals surface area contributed by atoms with E-state index >= 15 is 0 Å². The molecular weight excluding hydrogens is 242 g/mol. The molecule has 0 aliphatic rings. The molecule has 86 valence electrons. The summed E-state index contributed by atoms with van der Waals surface area (Å²) in [6.07, 6.45) is 0.877. The summed E-state index contributed by atoms with van der Waals surface area (Å²) in [7, 11) is 1.91. The Bertz CT molecular complexity index is 464. The third-order valence-corrected chi connectivity index (χ3v) is 4.36. The highest BCUT2D eigenvalue weighted by molar-refractivity contribution is 7.19. The molecule has 0 saturated carbocycles. The predicted octanol–water partition coefficient (Wildman–Crippen LogP) is 1.90. The zero-order valence-corrected chi connectivity index (χ0v) is 11.0. The molecule has 0 radical (unpaired) electrons. The van der Waals surface area contributed by atoms with E-state index in [1.165, 1.54) is 11.5 Å². The molecule has 1 atom stereocenters. The minimum Gasteiger partial charge on any atom is -0.311 e. The van der Waals surface area contributed by atoms with Crippen molar-refractivity contribution in [2.45, 2.75) is 26.3 Å². The van der Waals surface area contributed by atoms with E-state index in [4.69, 9.17) is 0 Å². The number of aryl methyl sites for hydroxylation is 1. The van der Waals surface area contributed by atoms with Crippen molar-refractivity contribution in [3.8, 4) is 9.88 Å². The van der Waals surface area contributed by atoms with Gasteiger partial charge in [0.15, 0.2) is 5.01 Å². The minimum absolute atomic E-state index is 0.234. The number of rotatable bonds is 4. The lowest BCUT2D eigenvalue weighted by molar-refractivity contribution is 0.640. The lowest BCUT2D eigenvalue weighted by Gasteiger charge is -2.02. The van der Waals surface area contributed by atoms with Gasteiger partial charge < -0.3 is 5.32 Å². The van der Waals surface area contributed by atoms with Gasteiger partial charge in [-0.1, -0.05) is 22.7 Å². The van der Waals surface area contributed by atoms with Gasteiger partial charge in [0.2, 0.25) is 0 Å². The van der Waals surface area contributed by atoms with Gasteiger partial charge >= 0.3 is 0 Å². The number of nitrogens with zero attached hydrogens (tertiary/aromatic N) is 4. The molecule has 0 spiro atoms. The van der Waals surface area contributed by atoms with Crippen LogP contribution in [-0.4, -0.2) is 26.8 Å². The maximum absolute atomic E-state index is 4.20. The molecule has 1 unspecified atom stereocenters. The molecule has 2 aromatic heterocycles. The molecule has 0 aliphatic heterocycles. The largest absolute Gasteiger partial charge is 0.311 e. The predicted molar refractivity (Wildman–Crippen MR) is 65.7 cm³/mol. The summed E-state index contributed by atoms with van der Waals surface area (Å²) >= 11 is 2.98. The first-order valence-electron chi connectivity index (χ1n) is 5.08. The maximum atomic E-state index is 4.20. The van der Waals surface area contributed by atoms with Crippen LogP contribution in [0.25, 0.3) is 9.88 Å². The van der Waals surface area contributed by atoms with Gasteiger partial charge in [-0.2, -0.15) is 0 Å². The first-order chi connectivity index (χ1) is 7.76. The second-order valence-electron chi connectivity index (χ2n) is 3.36. The molecule has 2 aromatic rings. The zero-order valence-electron chi connectivity index (χ0n) is 9.39. The molecule has 0 saturated heterocycles. The fourth-order valence-corrected chi connectivity index (χ4v) is 2.96. The van der Waals surface area contributed by atoms with Crippen molar-refractivity contribution in [3.05, 3.63) is 10.7 Å². The fourth-order valence-electron chi connectivity index (χ4n) is 1.23. The van der Waals surface area contributed by atoms with E-state index in [1.54, 1.807) is 11.3 Å². The normalized spacial score (nSPS) is 12.9. The summed E-state index contributed by atoms with van der Waals surface area (Å²) in [6.45, 7) is 4.13. The van der Waals surface area contributed by atoms with E-state index in [9.17, 15) is 0 Å². The van der Waals surface area contributed by atoms with Crippen molar-refractivity contribution in [3.63, 3.8) is 0 Å². The van der Waals surface area contributed by atoms with Crippen LogP contribution < -0.4 is 5.32 Å². The molecule has 7 heteroatoms. The van der Waals surface area contributed by atoms with Crippen LogP contribution in [0.15, 0.2) is 0 Å². The second kappa shape index (κ2) is 4.94. The van der Waals surface area contributed by atoms with Crippen LogP contribution in [0.5, 0.6) is 0 Å². The smallest absolute Gasteiger partial charge is 0.161 e. The van der Waals surface area contributed by atoms with Crippen LogP contribution in [0.3, 0.4) is 0 Å². The van der Waals surface area contributed by atoms with Crippen LogP contribution in [0.4, 0.5) is 0 Å². The molecular formula is C9H13N5S2. The lowest BCUT2D eigenvalue weighted by atomic mass is 10.3. The molecule has 16 heavy (non-hydrogen) atoms. The highest BCUT2D eigenvalue weighted by Gasteiger charge is 2.16. The van der Waals surface area contributed by atoms with E-state index in [-0.39, 0.29) is 6.04 Å². The van der Waals surface area contributed by atoms with Crippen molar-refractivity contribution in [1.29, 1.82) is 0 Å². The summed E-state index contributed by atoms with van der Waals surface area (Å²) in [5.41, 5.74) is 1.00. The van der Waals surface area contributed by atoms with Gasteiger partial charge in [0, 0.05) is 0 Å². The van der Waals surface area contributed by atoms with Crippen molar-refractivity contribution in [1.82, 2.24) is 25.1 Å². The zero-order chi connectivity index (χ0) is 11.5. The van der Waals surface area contributed by atoms with Crippen LogP contribution in [0, 0.1) is 0 Å². The van der Waals surface area contributed by atoms with Crippen LogP contribution in [0.2, 0.25) is 0 Å². The third-order valence-electron chi connectivity index (χ3n) is 2.33. The summed E-state index contributed by atoms with van der Waals surface area (Å²) in [6, 6.07) is 0.234. The lowest BCUT2D eigenvalue weighted by Crippen LogP contribution is -2.11. The van der Waals surface area contributed by atoms with E-state index in [0.717, 1.165) is 27.0 Å². The van der Waals surface area contributed by atoms with E-state index in [1.807, 2.05) is 7.05 Å². The van der Waals surface area contributed by atoms with Gasteiger partial charge in [-0.05, 0) is 31.9 Å². The van der Waals surface area contributed by atoms with Gasteiger partial charge in [-0.15, -0.1) is 15.3 Å². The summed E-state index contributed by atoms with van der Waals surface area (Å²) in [5, 5.41) is 17.5. The van der Waals surface area contributed by atoms with Crippen molar-refractivity contribution in [2.75, 3.05) is 7.05 Å². The molecule has 0 fully saturated rings. The quantitative estimate of drug-likeness (QED) is 0.904. The van der Waals surface area contributed by atoms with Crippen LogP contribution in [-0.2, 0) is 6.42 Å². The van der Waals surface area contributed by atoms with Crippen LogP contribution in [0.1, 0.15) is 30.6 Å². The standard InChI is InChI=1S/C9H13N5S2/c1-4-6-7(16-14-11-6)9-13-12-8(15-9)5(2)10-3/h5,10H,4H2,1-3H3. The first-order valence-corrected chi connectivity index (χ1v) is 6.67. The van der Waals surface area contributed by atoms with E-state index in [0.29, 0.717) is 0 Å². The summed E-state index contributed by atoms with van der Waals surface area (Å²) in [4.78, 5) is 1.05. The van der Waals surface area contributed by atoms with Crippen molar-refractivity contribution >= 4 is 22.9 Å². The van der Waals surface area contributed by atoms with E-state index < -0.39 is 0 Å². The average molecular weight is 255 g/mol. The Balaban J connectivity index is 2.31. The molecule has 1 N–H and O–H groups in total. The topological polar surface area (TPSA) is 63.6 Å². The fraction of sp³-hybridized carbons (Fsp3) is 0.556. The average Bonchev–Trinajstić information content (AvgIpc) is 2.95. The molecule has 2 rings (SSSR count). The number of nitrogens with one attached hydrogen (secondary N) is 1. The van der Waals surface area contributed by atoms with Gasteiger partial charge in [0.1, 0.15) is 9.88 Å². The first kappa shape index (κ1) is 11.6. The Hall–Kier alpha value is -0.920. The Labute approximate surface area is 102 Å².